The van der Waals surface area contributed by atoms with E-state index in [2.05, 4.69) is 4.98 Å². The van der Waals surface area contributed by atoms with Crippen molar-refractivity contribution in [2.75, 3.05) is 6.61 Å². The fraction of sp³-hybridized carbons (Fsp3) is 0.167. The van der Waals surface area contributed by atoms with Gasteiger partial charge in [-0.3, -0.25) is 4.18 Å². The van der Waals surface area contributed by atoms with Gasteiger partial charge in [-0.2, -0.15) is 8.42 Å². The molecule has 9 heteroatoms. The average Bonchev–Trinajstić information content (AvgIpc) is 3.12. The molecule has 0 unspecified atom stereocenters. The van der Waals surface area contributed by atoms with Crippen molar-refractivity contribution in [3.8, 4) is 0 Å². The van der Waals surface area contributed by atoms with Crippen LogP contribution < -0.4 is 0 Å². The lowest BCUT2D eigenvalue weighted by atomic mass is 10.1. The van der Waals surface area contributed by atoms with Crippen LogP contribution in [-0.2, 0) is 30.6 Å². The maximum atomic E-state index is 13.4. The van der Waals surface area contributed by atoms with Gasteiger partial charge in [0.05, 0.1) is 16.4 Å². The van der Waals surface area contributed by atoms with Crippen LogP contribution in [0.5, 0.6) is 0 Å². The number of H-pyrrole nitrogens is 1. The van der Waals surface area contributed by atoms with E-state index in [1.165, 1.54) is 12.1 Å². The summed E-state index contributed by atoms with van der Waals surface area (Å²) >= 11 is 6.10. The van der Waals surface area contributed by atoms with Crippen LogP contribution >= 0.6 is 11.6 Å². The molecule has 4 aromatic rings. The molecule has 0 saturated carbocycles. The fourth-order valence-corrected chi connectivity index (χ4v) is 6.13. The number of fused-ring (bicyclic) bond motifs is 1. The zero-order valence-electron chi connectivity index (χ0n) is 18.0. The molecule has 4 rings (SSSR count). The van der Waals surface area contributed by atoms with Gasteiger partial charge in [0.25, 0.3) is 10.1 Å². The smallest absolute Gasteiger partial charge is 0.296 e. The lowest BCUT2D eigenvalue weighted by Crippen LogP contribution is -2.11. The molecule has 0 atom stereocenters. The van der Waals surface area contributed by atoms with Crippen LogP contribution in [0.3, 0.4) is 0 Å². The topological polar surface area (TPSA) is 93.3 Å². The summed E-state index contributed by atoms with van der Waals surface area (Å²) in [7, 11) is -7.86. The second-order valence-corrected chi connectivity index (χ2v) is 11.7. The van der Waals surface area contributed by atoms with Gasteiger partial charge in [0.2, 0.25) is 9.84 Å². The van der Waals surface area contributed by atoms with E-state index in [1.807, 2.05) is 13.8 Å². The minimum atomic E-state index is -3.98. The number of rotatable bonds is 7. The van der Waals surface area contributed by atoms with Crippen molar-refractivity contribution in [2.45, 2.75) is 35.1 Å². The summed E-state index contributed by atoms with van der Waals surface area (Å²) in [6.45, 7) is 3.51. The van der Waals surface area contributed by atoms with Crippen molar-refractivity contribution < 1.29 is 21.0 Å². The zero-order chi connectivity index (χ0) is 23.8. The first kappa shape index (κ1) is 23.5. The first-order valence-electron chi connectivity index (χ1n) is 10.2. The molecular weight excluding hydrogens is 482 g/mol. The number of benzene rings is 3. The Morgan fingerprint density at radius 2 is 1.39 bits per heavy atom. The zero-order valence-corrected chi connectivity index (χ0v) is 20.4. The average molecular weight is 504 g/mol. The Morgan fingerprint density at radius 1 is 0.818 bits per heavy atom. The van der Waals surface area contributed by atoms with Gasteiger partial charge in [-0.15, -0.1) is 0 Å². The Labute approximate surface area is 198 Å². The quantitative estimate of drug-likeness (QED) is 0.349. The standard InChI is InChI=1S/C24H22ClNO5S2/c1-16-3-8-19(9-4-16)32(27,28)24-22(21-12-7-18(25)15-23(21)26-24)13-14-31-33(29,30)20-10-5-17(2)6-11-20/h3-12,15,26H,13-14H2,1-2H3. The number of aromatic nitrogens is 1. The minimum Gasteiger partial charge on any atom is -0.345 e. The third-order valence-electron chi connectivity index (χ3n) is 5.33. The summed E-state index contributed by atoms with van der Waals surface area (Å²) in [6, 6.07) is 17.9. The van der Waals surface area contributed by atoms with E-state index >= 15 is 0 Å². The number of sulfone groups is 1. The van der Waals surface area contributed by atoms with E-state index in [0.717, 1.165) is 11.1 Å². The SMILES string of the molecule is Cc1ccc(S(=O)(=O)OCCc2c(S(=O)(=O)c3ccc(C)cc3)[nH]c3cc(Cl)ccc23)cc1. The molecule has 172 valence electrons. The molecule has 0 radical (unpaired) electrons. The highest BCUT2D eigenvalue weighted by atomic mass is 35.5. The number of aryl methyl sites for hydroxylation is 2. The van der Waals surface area contributed by atoms with Crippen molar-refractivity contribution in [1.29, 1.82) is 0 Å². The normalized spacial score (nSPS) is 12.3. The molecule has 0 fully saturated rings. The third-order valence-corrected chi connectivity index (χ3v) is 8.67. The molecule has 6 nitrogen and oxygen atoms in total. The monoisotopic (exact) mass is 503 g/mol. The maximum absolute atomic E-state index is 13.4. The van der Waals surface area contributed by atoms with Gasteiger partial charge < -0.3 is 4.98 Å². The molecule has 1 aromatic heterocycles. The molecule has 0 saturated heterocycles. The highest BCUT2D eigenvalue weighted by molar-refractivity contribution is 7.91. The van der Waals surface area contributed by atoms with Crippen LogP contribution in [0.25, 0.3) is 10.9 Å². The molecule has 1 heterocycles. The Hall–Kier alpha value is -2.65. The van der Waals surface area contributed by atoms with E-state index in [1.54, 1.807) is 54.6 Å². The number of aromatic amines is 1. The summed E-state index contributed by atoms with van der Waals surface area (Å²) in [5, 5.41) is 1.09. The maximum Gasteiger partial charge on any atom is 0.296 e. The summed E-state index contributed by atoms with van der Waals surface area (Å²) in [5.41, 5.74) is 2.86. The number of nitrogens with one attached hydrogen (secondary N) is 1. The highest BCUT2D eigenvalue weighted by Gasteiger charge is 2.26. The number of hydrogen-bond donors (Lipinski definition) is 1. The van der Waals surface area contributed by atoms with Crippen LogP contribution in [0.15, 0.2) is 81.5 Å². The summed E-state index contributed by atoms with van der Waals surface area (Å²) < 4.78 is 57.1. The second kappa shape index (κ2) is 8.95. The van der Waals surface area contributed by atoms with Crippen molar-refractivity contribution in [2.24, 2.45) is 0 Å². The number of halogens is 1. The van der Waals surface area contributed by atoms with Crippen LogP contribution in [0.2, 0.25) is 5.02 Å². The van der Waals surface area contributed by atoms with Crippen molar-refractivity contribution in [3.63, 3.8) is 0 Å². The van der Waals surface area contributed by atoms with Gasteiger partial charge in [-0.25, -0.2) is 8.42 Å². The Balaban J connectivity index is 1.69. The van der Waals surface area contributed by atoms with Crippen molar-refractivity contribution in [3.05, 3.63) is 88.4 Å². The van der Waals surface area contributed by atoms with E-state index < -0.39 is 20.0 Å². The van der Waals surface area contributed by atoms with E-state index in [-0.39, 0.29) is 27.8 Å². The third kappa shape index (κ3) is 4.84. The predicted molar refractivity (Wildman–Crippen MR) is 128 cm³/mol. The van der Waals surface area contributed by atoms with Crippen molar-refractivity contribution in [1.82, 2.24) is 4.98 Å². The Bertz CT molecular complexity index is 1520. The summed E-state index contributed by atoms with van der Waals surface area (Å²) in [6.07, 6.45) is 0.0626. The van der Waals surface area contributed by atoms with Crippen LogP contribution in [0, 0.1) is 13.8 Å². The molecule has 0 spiro atoms. The Kier molecular flexibility index (Phi) is 6.37. The minimum absolute atomic E-state index is 0.0000430. The predicted octanol–water partition coefficient (Wildman–Crippen LogP) is 5.22. The van der Waals surface area contributed by atoms with Gasteiger partial charge >= 0.3 is 0 Å². The van der Waals surface area contributed by atoms with Gasteiger partial charge in [0.15, 0.2) is 0 Å². The number of hydrogen-bond acceptors (Lipinski definition) is 5. The Morgan fingerprint density at radius 3 is 2.00 bits per heavy atom. The molecule has 0 aliphatic rings. The van der Waals surface area contributed by atoms with Crippen LogP contribution in [0.4, 0.5) is 0 Å². The molecule has 0 bridgehead atoms. The molecule has 1 N–H and O–H groups in total. The molecule has 0 aliphatic heterocycles. The lowest BCUT2D eigenvalue weighted by Gasteiger charge is -2.09. The molecule has 3 aromatic carbocycles. The summed E-state index contributed by atoms with van der Waals surface area (Å²) in [4.78, 5) is 3.15. The largest absolute Gasteiger partial charge is 0.345 e. The van der Waals surface area contributed by atoms with E-state index in [4.69, 9.17) is 15.8 Å². The van der Waals surface area contributed by atoms with Gasteiger partial charge in [-0.1, -0.05) is 53.1 Å². The lowest BCUT2D eigenvalue weighted by molar-refractivity contribution is 0.321. The highest BCUT2D eigenvalue weighted by Crippen LogP contribution is 2.32. The van der Waals surface area contributed by atoms with Crippen LogP contribution in [0.1, 0.15) is 16.7 Å². The van der Waals surface area contributed by atoms with Gasteiger partial charge in [0.1, 0.15) is 5.03 Å². The van der Waals surface area contributed by atoms with E-state index in [9.17, 15) is 16.8 Å². The second-order valence-electron chi connectivity index (χ2n) is 7.78. The van der Waals surface area contributed by atoms with Gasteiger partial charge in [0, 0.05) is 22.3 Å². The van der Waals surface area contributed by atoms with Crippen LogP contribution in [-0.4, -0.2) is 28.4 Å². The first-order chi connectivity index (χ1) is 15.6. The fourth-order valence-electron chi connectivity index (χ4n) is 3.54. The van der Waals surface area contributed by atoms with Crippen molar-refractivity contribution >= 4 is 42.5 Å². The molecule has 0 aliphatic carbocycles. The van der Waals surface area contributed by atoms with Gasteiger partial charge in [-0.05, 0) is 55.8 Å². The molecule has 33 heavy (non-hydrogen) atoms. The molecule has 0 amide bonds. The molecular formula is C24H22ClNO5S2. The first-order valence-corrected chi connectivity index (χ1v) is 13.4. The van der Waals surface area contributed by atoms with E-state index in [0.29, 0.717) is 21.5 Å². The summed E-state index contributed by atoms with van der Waals surface area (Å²) in [5.74, 6) is 0.